The van der Waals surface area contributed by atoms with Gasteiger partial charge in [-0.2, -0.15) is 5.10 Å². The number of H-pyrrole nitrogens is 1. The van der Waals surface area contributed by atoms with E-state index in [1.165, 1.54) is 0 Å². The molecule has 1 N–H and O–H groups in total. The summed E-state index contributed by atoms with van der Waals surface area (Å²) in [6.45, 7) is 2.59. The van der Waals surface area contributed by atoms with Crippen molar-refractivity contribution in [3.8, 4) is 11.5 Å². The van der Waals surface area contributed by atoms with Gasteiger partial charge in [-0.05, 0) is 50.8 Å². The summed E-state index contributed by atoms with van der Waals surface area (Å²) in [7, 11) is 5.48. The molecule has 1 aromatic heterocycles. The fourth-order valence-corrected chi connectivity index (χ4v) is 3.27. The molecule has 1 saturated heterocycles. The van der Waals surface area contributed by atoms with E-state index in [-0.39, 0.29) is 5.91 Å². The van der Waals surface area contributed by atoms with Crippen molar-refractivity contribution in [1.82, 2.24) is 20.0 Å². The standard InChI is InChI=1S/C20H28N4O3/c1-23(2)14-20(25)24-10-8-15(13-24)19-12-16(21-22-19)9-11-27-18-6-4-17(26-3)5-7-18/h4-7,12,15H,8-11,13-14H2,1-3H3,(H,21,22)/t15-/m1/s1. The first kappa shape index (κ1) is 19.2. The number of likely N-dealkylation sites (N-methyl/N-ethyl adjacent to an activating group) is 1. The van der Waals surface area contributed by atoms with Gasteiger partial charge < -0.3 is 19.3 Å². The van der Waals surface area contributed by atoms with E-state index in [2.05, 4.69) is 16.3 Å². The molecule has 1 aliphatic heterocycles. The summed E-state index contributed by atoms with van der Waals surface area (Å²) in [6.07, 6.45) is 1.72. The number of amides is 1. The topological polar surface area (TPSA) is 70.7 Å². The lowest BCUT2D eigenvalue weighted by molar-refractivity contribution is -0.130. The predicted molar refractivity (Wildman–Crippen MR) is 103 cm³/mol. The van der Waals surface area contributed by atoms with E-state index in [0.717, 1.165) is 48.8 Å². The smallest absolute Gasteiger partial charge is 0.236 e. The van der Waals surface area contributed by atoms with Crippen LogP contribution in [0, 0.1) is 0 Å². The largest absolute Gasteiger partial charge is 0.497 e. The van der Waals surface area contributed by atoms with E-state index in [0.29, 0.717) is 19.1 Å². The van der Waals surface area contributed by atoms with E-state index in [1.54, 1.807) is 7.11 Å². The third-order valence-electron chi connectivity index (χ3n) is 4.76. The minimum absolute atomic E-state index is 0.186. The van der Waals surface area contributed by atoms with Crippen molar-refractivity contribution in [3.63, 3.8) is 0 Å². The Balaban J connectivity index is 1.46. The third kappa shape index (κ3) is 5.23. The molecule has 3 rings (SSSR count). The first-order chi connectivity index (χ1) is 13.0. The fourth-order valence-electron chi connectivity index (χ4n) is 3.27. The number of rotatable bonds is 8. The molecule has 1 atom stereocenters. The molecule has 0 saturated carbocycles. The van der Waals surface area contributed by atoms with E-state index in [1.807, 2.05) is 48.2 Å². The highest BCUT2D eigenvalue weighted by Gasteiger charge is 2.28. The van der Waals surface area contributed by atoms with Crippen LogP contribution in [0.25, 0.3) is 0 Å². The Labute approximate surface area is 160 Å². The highest BCUT2D eigenvalue weighted by molar-refractivity contribution is 5.78. The van der Waals surface area contributed by atoms with Crippen LogP contribution in [0.1, 0.15) is 23.7 Å². The molecule has 7 heteroatoms. The van der Waals surface area contributed by atoms with Gasteiger partial charge in [0.2, 0.25) is 5.91 Å². The molecule has 0 spiro atoms. The Morgan fingerprint density at radius 3 is 2.74 bits per heavy atom. The molecule has 1 fully saturated rings. The van der Waals surface area contributed by atoms with Gasteiger partial charge in [0, 0.05) is 31.1 Å². The molecule has 27 heavy (non-hydrogen) atoms. The maximum absolute atomic E-state index is 12.2. The van der Waals surface area contributed by atoms with E-state index in [4.69, 9.17) is 9.47 Å². The number of likely N-dealkylation sites (tertiary alicyclic amines) is 1. The molecule has 1 aliphatic rings. The minimum atomic E-state index is 0.186. The van der Waals surface area contributed by atoms with Gasteiger partial charge in [0.25, 0.3) is 0 Å². The fraction of sp³-hybridized carbons (Fsp3) is 0.500. The number of methoxy groups -OCH3 is 1. The van der Waals surface area contributed by atoms with Crippen molar-refractivity contribution in [2.75, 3.05) is 47.4 Å². The Hall–Kier alpha value is -2.54. The molecule has 1 aromatic carbocycles. The molecule has 2 heterocycles. The number of carbonyl (C=O) groups excluding carboxylic acids is 1. The number of hydrogen-bond donors (Lipinski definition) is 1. The number of carbonyl (C=O) groups is 1. The highest BCUT2D eigenvalue weighted by atomic mass is 16.5. The van der Waals surface area contributed by atoms with Gasteiger partial charge in [-0.3, -0.25) is 9.89 Å². The Morgan fingerprint density at radius 2 is 2.04 bits per heavy atom. The van der Waals surface area contributed by atoms with E-state index in [9.17, 15) is 4.79 Å². The van der Waals surface area contributed by atoms with E-state index >= 15 is 0 Å². The molecule has 2 aromatic rings. The maximum atomic E-state index is 12.2. The van der Waals surface area contributed by atoms with Gasteiger partial charge in [-0.15, -0.1) is 0 Å². The van der Waals surface area contributed by atoms with Crippen molar-refractivity contribution in [1.29, 1.82) is 0 Å². The second-order valence-electron chi connectivity index (χ2n) is 7.16. The van der Waals surface area contributed by atoms with Gasteiger partial charge in [-0.1, -0.05) is 0 Å². The summed E-state index contributed by atoms with van der Waals surface area (Å²) in [6, 6.07) is 9.66. The van der Waals surface area contributed by atoms with Crippen molar-refractivity contribution in [3.05, 3.63) is 41.7 Å². The number of aromatic amines is 1. The zero-order valence-corrected chi connectivity index (χ0v) is 16.3. The zero-order chi connectivity index (χ0) is 19.2. The van der Waals surface area contributed by atoms with Gasteiger partial charge in [-0.25, -0.2) is 0 Å². The molecule has 1 amide bonds. The Morgan fingerprint density at radius 1 is 1.30 bits per heavy atom. The van der Waals surface area contributed by atoms with Crippen LogP contribution in [-0.4, -0.2) is 73.4 Å². The minimum Gasteiger partial charge on any atom is -0.497 e. The quantitative estimate of drug-likeness (QED) is 0.767. The van der Waals surface area contributed by atoms with Crippen LogP contribution in [0.15, 0.2) is 30.3 Å². The first-order valence-corrected chi connectivity index (χ1v) is 9.28. The lowest BCUT2D eigenvalue weighted by atomic mass is 10.0. The number of benzene rings is 1. The van der Waals surface area contributed by atoms with Crippen LogP contribution in [0.4, 0.5) is 0 Å². The third-order valence-corrected chi connectivity index (χ3v) is 4.76. The first-order valence-electron chi connectivity index (χ1n) is 9.28. The van der Waals surface area contributed by atoms with Gasteiger partial charge >= 0.3 is 0 Å². The summed E-state index contributed by atoms with van der Waals surface area (Å²) >= 11 is 0. The van der Waals surface area contributed by atoms with Gasteiger partial charge in [0.15, 0.2) is 0 Å². The number of nitrogens with zero attached hydrogens (tertiary/aromatic N) is 3. The van der Waals surface area contributed by atoms with Crippen LogP contribution in [0.2, 0.25) is 0 Å². The van der Waals surface area contributed by atoms with Crippen molar-refractivity contribution >= 4 is 5.91 Å². The number of hydrogen-bond acceptors (Lipinski definition) is 5. The molecular weight excluding hydrogens is 344 g/mol. The number of aromatic nitrogens is 2. The second kappa shape index (κ2) is 8.90. The highest BCUT2D eigenvalue weighted by Crippen LogP contribution is 2.26. The lowest BCUT2D eigenvalue weighted by Crippen LogP contribution is -2.36. The molecule has 0 aliphatic carbocycles. The summed E-state index contributed by atoms with van der Waals surface area (Å²) in [5, 5.41) is 7.56. The molecule has 146 valence electrons. The normalized spacial score (nSPS) is 16.7. The lowest BCUT2D eigenvalue weighted by Gasteiger charge is -2.18. The van der Waals surface area contributed by atoms with Crippen LogP contribution in [0.5, 0.6) is 11.5 Å². The average Bonchev–Trinajstić information content (AvgIpc) is 3.31. The van der Waals surface area contributed by atoms with Crippen molar-refractivity contribution in [2.24, 2.45) is 0 Å². The Kier molecular flexibility index (Phi) is 6.34. The SMILES string of the molecule is COc1ccc(OCCc2cc([C@@H]3CCN(C(=O)CN(C)C)C3)n[nH]2)cc1. The molecular formula is C20H28N4O3. The average molecular weight is 372 g/mol. The second-order valence-corrected chi connectivity index (χ2v) is 7.16. The summed E-state index contributed by atoms with van der Waals surface area (Å²) < 4.78 is 10.9. The van der Waals surface area contributed by atoms with Gasteiger partial charge in [0.05, 0.1) is 26.0 Å². The summed E-state index contributed by atoms with van der Waals surface area (Å²) in [5.74, 6) is 2.13. The summed E-state index contributed by atoms with van der Waals surface area (Å²) in [4.78, 5) is 16.0. The molecule has 0 bridgehead atoms. The van der Waals surface area contributed by atoms with Crippen LogP contribution >= 0.6 is 0 Å². The summed E-state index contributed by atoms with van der Waals surface area (Å²) in [5.41, 5.74) is 2.09. The Bertz CT molecular complexity index is 742. The van der Waals surface area contributed by atoms with Crippen molar-refractivity contribution < 1.29 is 14.3 Å². The monoisotopic (exact) mass is 372 g/mol. The molecule has 7 nitrogen and oxygen atoms in total. The van der Waals surface area contributed by atoms with Gasteiger partial charge in [0.1, 0.15) is 11.5 Å². The number of ether oxygens (including phenoxy) is 2. The van der Waals surface area contributed by atoms with Crippen LogP contribution in [0.3, 0.4) is 0 Å². The predicted octanol–water partition coefficient (Wildman–Crippen LogP) is 1.92. The zero-order valence-electron chi connectivity index (χ0n) is 16.3. The molecule has 0 unspecified atom stereocenters. The molecule has 0 radical (unpaired) electrons. The number of nitrogens with one attached hydrogen (secondary N) is 1. The van der Waals surface area contributed by atoms with Crippen molar-refractivity contribution in [2.45, 2.75) is 18.8 Å². The van der Waals surface area contributed by atoms with Crippen LogP contribution < -0.4 is 9.47 Å². The maximum Gasteiger partial charge on any atom is 0.236 e. The van der Waals surface area contributed by atoms with Crippen LogP contribution in [-0.2, 0) is 11.2 Å². The van der Waals surface area contributed by atoms with E-state index < -0.39 is 0 Å².